The van der Waals surface area contributed by atoms with E-state index in [0.717, 1.165) is 12.0 Å². The molecule has 0 fully saturated rings. The number of nitrogens with zero attached hydrogens (tertiary/aromatic N) is 3. The number of halogens is 1. The number of amides is 1. The number of rotatable bonds is 6. The quantitative estimate of drug-likeness (QED) is 0.679. The smallest absolute Gasteiger partial charge is 0.274 e. The van der Waals surface area contributed by atoms with Crippen LogP contribution in [-0.4, -0.2) is 22.4 Å². The minimum absolute atomic E-state index is 0.237. The van der Waals surface area contributed by atoms with Crippen LogP contribution in [0, 0.1) is 11.3 Å². The Labute approximate surface area is 161 Å². The van der Waals surface area contributed by atoms with Gasteiger partial charge in [-0.2, -0.15) is 5.26 Å². The Morgan fingerprint density at radius 1 is 1.11 bits per heavy atom. The van der Waals surface area contributed by atoms with Crippen LogP contribution in [0.4, 0.5) is 11.5 Å². The second kappa shape index (κ2) is 8.79. The molecule has 0 radical (unpaired) electrons. The molecule has 6 nitrogen and oxygen atoms in total. The Hall–Kier alpha value is -3.43. The maximum absolute atomic E-state index is 12.4. The van der Waals surface area contributed by atoms with E-state index in [1.165, 1.54) is 6.33 Å². The Balaban J connectivity index is 1.59. The molecule has 0 bridgehead atoms. The van der Waals surface area contributed by atoms with Gasteiger partial charge in [-0.3, -0.25) is 4.79 Å². The summed E-state index contributed by atoms with van der Waals surface area (Å²) >= 11 is 5.88. The summed E-state index contributed by atoms with van der Waals surface area (Å²) in [6, 6.07) is 18.0. The first-order valence-corrected chi connectivity index (χ1v) is 8.64. The van der Waals surface area contributed by atoms with Gasteiger partial charge in [-0.25, -0.2) is 9.97 Å². The van der Waals surface area contributed by atoms with Crippen molar-refractivity contribution in [1.29, 1.82) is 5.26 Å². The molecule has 0 saturated carbocycles. The summed E-state index contributed by atoms with van der Waals surface area (Å²) < 4.78 is 0. The van der Waals surface area contributed by atoms with Gasteiger partial charge in [-0.05, 0) is 42.3 Å². The van der Waals surface area contributed by atoms with Crippen LogP contribution in [0.15, 0.2) is 60.9 Å². The molecule has 1 aromatic heterocycles. The average Bonchev–Trinajstić information content (AvgIpc) is 2.70. The molecule has 7 heteroatoms. The zero-order valence-corrected chi connectivity index (χ0v) is 15.1. The van der Waals surface area contributed by atoms with Crippen LogP contribution >= 0.6 is 11.6 Å². The van der Waals surface area contributed by atoms with Gasteiger partial charge >= 0.3 is 0 Å². The van der Waals surface area contributed by atoms with Crippen LogP contribution < -0.4 is 10.6 Å². The number of aromatic nitrogens is 2. The monoisotopic (exact) mass is 377 g/mol. The molecule has 0 spiro atoms. The van der Waals surface area contributed by atoms with Crippen molar-refractivity contribution in [2.24, 2.45) is 0 Å². The van der Waals surface area contributed by atoms with Crippen LogP contribution in [-0.2, 0) is 6.42 Å². The molecule has 0 unspecified atom stereocenters. The van der Waals surface area contributed by atoms with E-state index in [9.17, 15) is 4.79 Å². The molecule has 0 atom stereocenters. The number of carbonyl (C=O) groups is 1. The Morgan fingerprint density at radius 3 is 2.70 bits per heavy atom. The predicted octanol–water partition coefficient (Wildman–Crippen LogP) is 3.91. The molecule has 3 rings (SSSR count). The highest BCUT2D eigenvalue weighted by atomic mass is 35.5. The Morgan fingerprint density at radius 2 is 1.93 bits per heavy atom. The zero-order chi connectivity index (χ0) is 19.1. The van der Waals surface area contributed by atoms with Crippen molar-refractivity contribution >= 4 is 29.0 Å². The highest BCUT2D eigenvalue weighted by Crippen LogP contribution is 2.13. The summed E-state index contributed by atoms with van der Waals surface area (Å²) in [5.41, 5.74) is 2.40. The first-order valence-electron chi connectivity index (χ1n) is 8.26. The van der Waals surface area contributed by atoms with E-state index in [1.54, 1.807) is 30.3 Å². The number of nitriles is 1. The summed E-state index contributed by atoms with van der Waals surface area (Å²) in [5.74, 6) is 0.197. The van der Waals surface area contributed by atoms with Crippen molar-refractivity contribution in [3.8, 4) is 6.07 Å². The molecule has 0 aliphatic heterocycles. The fourth-order valence-electron chi connectivity index (χ4n) is 2.43. The molecule has 27 heavy (non-hydrogen) atoms. The van der Waals surface area contributed by atoms with Crippen LogP contribution in [0.5, 0.6) is 0 Å². The fraction of sp³-hybridized carbons (Fsp3) is 0.100. The van der Waals surface area contributed by atoms with Crippen molar-refractivity contribution < 1.29 is 4.79 Å². The fourth-order valence-corrected chi connectivity index (χ4v) is 2.55. The lowest BCUT2D eigenvalue weighted by Gasteiger charge is -2.08. The zero-order valence-electron chi connectivity index (χ0n) is 14.3. The van der Waals surface area contributed by atoms with Gasteiger partial charge < -0.3 is 10.6 Å². The molecule has 2 N–H and O–H groups in total. The minimum atomic E-state index is -0.367. The lowest BCUT2D eigenvalue weighted by atomic mass is 10.1. The highest BCUT2D eigenvalue weighted by Gasteiger charge is 2.09. The number of carbonyl (C=O) groups excluding carboxylic acids is 1. The average molecular weight is 378 g/mol. The van der Waals surface area contributed by atoms with E-state index in [1.807, 2.05) is 30.3 Å². The Kier molecular flexibility index (Phi) is 5.98. The molecule has 1 amide bonds. The molecule has 0 aliphatic carbocycles. The standard InChI is InChI=1S/C20H16ClN5O/c21-16-6-4-14(5-7-16)8-9-23-19-11-18(24-13-25-19)20(27)26-17-3-1-2-15(10-17)12-22/h1-7,10-11,13H,8-9H2,(H,26,27)(H,23,24,25). The first-order chi connectivity index (χ1) is 13.1. The van der Waals surface area contributed by atoms with Crippen molar-refractivity contribution in [2.45, 2.75) is 6.42 Å². The van der Waals surface area contributed by atoms with E-state index in [2.05, 4.69) is 20.6 Å². The van der Waals surface area contributed by atoms with Crippen LogP contribution in [0.3, 0.4) is 0 Å². The molecule has 0 aliphatic rings. The third-order valence-electron chi connectivity index (χ3n) is 3.78. The third-order valence-corrected chi connectivity index (χ3v) is 4.03. The highest BCUT2D eigenvalue weighted by molar-refractivity contribution is 6.30. The normalized spacial score (nSPS) is 10.1. The second-order valence-electron chi connectivity index (χ2n) is 5.74. The summed E-state index contributed by atoms with van der Waals surface area (Å²) in [4.78, 5) is 20.5. The first kappa shape index (κ1) is 18.4. The SMILES string of the molecule is N#Cc1cccc(NC(=O)c2cc(NCCc3ccc(Cl)cc3)ncn2)c1. The Bertz CT molecular complexity index is 982. The molecular weight excluding hydrogens is 362 g/mol. The lowest BCUT2D eigenvalue weighted by molar-refractivity contribution is 0.102. The van der Waals surface area contributed by atoms with Gasteiger partial charge in [0.25, 0.3) is 5.91 Å². The van der Waals surface area contributed by atoms with E-state index < -0.39 is 0 Å². The van der Waals surface area contributed by atoms with Crippen molar-refractivity contribution in [2.75, 3.05) is 17.2 Å². The van der Waals surface area contributed by atoms with Crippen molar-refractivity contribution in [3.05, 3.63) is 82.8 Å². The molecule has 0 saturated heterocycles. The van der Waals surface area contributed by atoms with Gasteiger partial charge in [0.1, 0.15) is 17.8 Å². The molecule has 3 aromatic rings. The number of hydrogen-bond acceptors (Lipinski definition) is 5. The van der Waals surface area contributed by atoms with Gasteiger partial charge in [-0.15, -0.1) is 0 Å². The number of benzene rings is 2. The minimum Gasteiger partial charge on any atom is -0.370 e. The maximum atomic E-state index is 12.4. The van der Waals surface area contributed by atoms with Crippen LogP contribution in [0.2, 0.25) is 5.02 Å². The third kappa shape index (κ3) is 5.27. The van der Waals surface area contributed by atoms with Gasteiger partial charge in [0.05, 0.1) is 11.6 Å². The largest absolute Gasteiger partial charge is 0.370 e. The van der Waals surface area contributed by atoms with E-state index in [4.69, 9.17) is 16.9 Å². The van der Waals surface area contributed by atoms with Crippen molar-refractivity contribution in [3.63, 3.8) is 0 Å². The number of hydrogen-bond donors (Lipinski definition) is 2. The van der Waals surface area contributed by atoms with Crippen molar-refractivity contribution in [1.82, 2.24) is 9.97 Å². The van der Waals surface area contributed by atoms with E-state index >= 15 is 0 Å². The van der Waals surface area contributed by atoms with Gasteiger partial charge in [0.2, 0.25) is 0 Å². The van der Waals surface area contributed by atoms with Gasteiger partial charge in [-0.1, -0.05) is 29.8 Å². The number of anilines is 2. The maximum Gasteiger partial charge on any atom is 0.274 e. The second-order valence-corrected chi connectivity index (χ2v) is 6.17. The molecule has 1 heterocycles. The predicted molar refractivity (Wildman–Crippen MR) is 105 cm³/mol. The van der Waals surface area contributed by atoms with Crippen LogP contribution in [0.25, 0.3) is 0 Å². The lowest BCUT2D eigenvalue weighted by Crippen LogP contribution is -2.15. The topological polar surface area (TPSA) is 90.7 Å². The van der Waals surface area contributed by atoms with Crippen LogP contribution in [0.1, 0.15) is 21.6 Å². The van der Waals surface area contributed by atoms with Gasteiger partial charge in [0, 0.05) is 23.3 Å². The molecule has 2 aromatic carbocycles. The number of nitrogens with one attached hydrogen (secondary N) is 2. The summed E-state index contributed by atoms with van der Waals surface area (Å²) in [7, 11) is 0. The molecule has 134 valence electrons. The summed E-state index contributed by atoms with van der Waals surface area (Å²) in [6.07, 6.45) is 2.13. The summed E-state index contributed by atoms with van der Waals surface area (Å²) in [6.45, 7) is 0.657. The molecular formula is C20H16ClN5O. The van der Waals surface area contributed by atoms with Gasteiger partial charge in [0.15, 0.2) is 0 Å². The summed E-state index contributed by atoms with van der Waals surface area (Å²) in [5, 5.41) is 15.5. The van der Waals surface area contributed by atoms with E-state index in [-0.39, 0.29) is 11.6 Å². The van der Waals surface area contributed by atoms with E-state index in [0.29, 0.717) is 28.6 Å².